The van der Waals surface area contributed by atoms with Crippen molar-refractivity contribution in [1.82, 2.24) is 15.0 Å². The normalized spacial score (nSPS) is 17.8. The quantitative estimate of drug-likeness (QED) is 0.381. The highest BCUT2D eigenvalue weighted by molar-refractivity contribution is 5.93. The minimum absolute atomic E-state index is 0.294. The van der Waals surface area contributed by atoms with Crippen molar-refractivity contribution in [2.24, 2.45) is 0 Å². The van der Waals surface area contributed by atoms with E-state index in [0.717, 1.165) is 71.1 Å². The largest absolute Gasteiger partial charge is 0.497 e. The molecule has 1 atom stereocenters. The highest BCUT2D eigenvalue weighted by Crippen LogP contribution is 2.36. The maximum absolute atomic E-state index is 6.21. The molecule has 7 nitrogen and oxygen atoms in total. The van der Waals surface area contributed by atoms with Crippen LogP contribution in [0, 0.1) is 6.92 Å². The van der Waals surface area contributed by atoms with Crippen molar-refractivity contribution < 1.29 is 9.47 Å². The number of aryl methyl sites for hydroxylation is 1. The second kappa shape index (κ2) is 9.22. The Balaban J connectivity index is 1.33. The van der Waals surface area contributed by atoms with Gasteiger partial charge in [0.15, 0.2) is 0 Å². The number of nitrogens with zero attached hydrogens (tertiary/aromatic N) is 3. The summed E-state index contributed by atoms with van der Waals surface area (Å²) in [7, 11) is 1.69. The number of anilines is 2. The van der Waals surface area contributed by atoms with E-state index in [2.05, 4.69) is 69.6 Å². The lowest BCUT2D eigenvalue weighted by Crippen LogP contribution is -2.27. The van der Waals surface area contributed by atoms with Crippen LogP contribution >= 0.6 is 0 Å². The van der Waals surface area contributed by atoms with E-state index in [0.29, 0.717) is 12.5 Å². The van der Waals surface area contributed by atoms with E-state index in [1.807, 2.05) is 19.1 Å². The van der Waals surface area contributed by atoms with Crippen molar-refractivity contribution in [1.29, 1.82) is 0 Å². The van der Waals surface area contributed by atoms with Crippen molar-refractivity contribution >= 4 is 33.6 Å². The third-order valence-corrected chi connectivity index (χ3v) is 7.00. The topological polar surface area (TPSA) is 75.3 Å². The Morgan fingerprint density at radius 3 is 2.92 bits per heavy atom. The zero-order valence-electron chi connectivity index (χ0n) is 21.0. The summed E-state index contributed by atoms with van der Waals surface area (Å²) in [6.07, 6.45) is 5.57. The number of hydrogen-bond donors (Lipinski definition) is 2. The minimum atomic E-state index is 0.294. The molecule has 184 valence electrons. The first-order valence-corrected chi connectivity index (χ1v) is 12.6. The fraction of sp³-hybridized carbons (Fsp3) is 0.310. The molecule has 0 spiro atoms. The number of methoxy groups -OCH3 is 1. The molecule has 0 amide bonds. The van der Waals surface area contributed by atoms with Gasteiger partial charge in [-0.05, 0) is 62.2 Å². The van der Waals surface area contributed by atoms with Gasteiger partial charge in [-0.15, -0.1) is 0 Å². The van der Waals surface area contributed by atoms with E-state index in [-0.39, 0.29) is 0 Å². The Morgan fingerprint density at radius 2 is 2.06 bits per heavy atom. The van der Waals surface area contributed by atoms with Gasteiger partial charge in [-0.3, -0.25) is 4.98 Å². The van der Waals surface area contributed by atoms with E-state index >= 15 is 0 Å². The highest BCUT2D eigenvalue weighted by Gasteiger charge is 2.25. The van der Waals surface area contributed by atoms with Crippen LogP contribution < -0.4 is 15.0 Å². The molecule has 2 aromatic heterocycles. The molecule has 36 heavy (non-hydrogen) atoms. The van der Waals surface area contributed by atoms with Crippen LogP contribution in [0.3, 0.4) is 0 Å². The fourth-order valence-electron chi connectivity index (χ4n) is 5.24. The molecule has 0 bridgehead atoms. The van der Waals surface area contributed by atoms with Crippen LogP contribution in [0.2, 0.25) is 0 Å². The molecular formula is C29H31N5O2. The summed E-state index contributed by atoms with van der Waals surface area (Å²) in [6.45, 7) is 7.22. The number of benzene rings is 2. The zero-order valence-corrected chi connectivity index (χ0v) is 21.0. The number of rotatable bonds is 5. The van der Waals surface area contributed by atoms with Crippen LogP contribution in [0.5, 0.6) is 5.75 Å². The van der Waals surface area contributed by atoms with Crippen LogP contribution in [0.1, 0.15) is 30.5 Å². The lowest BCUT2D eigenvalue weighted by molar-refractivity contribution is 0.233. The third kappa shape index (κ3) is 4.15. The molecule has 1 unspecified atom stereocenters. The number of H-pyrrole nitrogens is 1. The molecule has 0 saturated carbocycles. The Hall–Kier alpha value is -4.00. The summed E-state index contributed by atoms with van der Waals surface area (Å²) < 4.78 is 11.6. The number of imidazole rings is 1. The Morgan fingerprint density at radius 1 is 1.14 bits per heavy atom. The van der Waals surface area contributed by atoms with Gasteiger partial charge in [0.05, 0.1) is 30.2 Å². The van der Waals surface area contributed by atoms with E-state index < -0.39 is 0 Å². The van der Waals surface area contributed by atoms with Crippen LogP contribution in [0.15, 0.2) is 65.9 Å². The van der Waals surface area contributed by atoms with Gasteiger partial charge in [0.2, 0.25) is 5.95 Å². The predicted octanol–water partition coefficient (Wildman–Crippen LogP) is 5.69. The number of aromatic nitrogens is 3. The Bertz CT molecular complexity index is 1500. The van der Waals surface area contributed by atoms with E-state index in [1.165, 1.54) is 16.8 Å². The molecule has 1 aliphatic carbocycles. The van der Waals surface area contributed by atoms with Gasteiger partial charge in [-0.25, -0.2) is 4.98 Å². The number of hydrogen-bond acceptors (Lipinski definition) is 6. The Kier molecular flexibility index (Phi) is 5.76. The number of allylic oxidation sites excluding steroid dienone is 2. The Labute approximate surface area is 210 Å². The first-order valence-electron chi connectivity index (χ1n) is 12.6. The molecule has 7 heteroatoms. The summed E-state index contributed by atoms with van der Waals surface area (Å²) >= 11 is 0. The number of nitrogens with one attached hydrogen (secondary N) is 2. The van der Waals surface area contributed by atoms with Crippen molar-refractivity contribution in [2.75, 3.05) is 43.6 Å². The van der Waals surface area contributed by atoms with Gasteiger partial charge in [0.25, 0.3) is 0 Å². The fourth-order valence-corrected chi connectivity index (χ4v) is 5.24. The molecule has 1 saturated heterocycles. The van der Waals surface area contributed by atoms with E-state index in [9.17, 15) is 0 Å². The average molecular weight is 482 g/mol. The minimum Gasteiger partial charge on any atom is -0.497 e. The smallest absolute Gasteiger partial charge is 0.201 e. The number of aromatic amines is 1. The molecule has 2 aliphatic rings. The van der Waals surface area contributed by atoms with Crippen molar-refractivity contribution in [3.8, 4) is 5.75 Å². The zero-order chi connectivity index (χ0) is 24.6. The maximum Gasteiger partial charge on any atom is 0.201 e. The van der Waals surface area contributed by atoms with Crippen LogP contribution in [0.4, 0.5) is 11.6 Å². The molecule has 0 radical (unpaired) electrons. The van der Waals surface area contributed by atoms with Crippen molar-refractivity contribution in [3.63, 3.8) is 0 Å². The van der Waals surface area contributed by atoms with Crippen LogP contribution in [-0.2, 0) is 4.74 Å². The standard InChI is InChI=1S/C29H31N5O2/c1-4-30-29-32-24-9-5-20(15-26(24)33-29)19-6-10-28-21(14-19)17-34(11-12-36-28)27-13-18(2)31-25-16-22(35-3)7-8-23(25)27/h5,7-10,13-16,19H,4,6,11-12,17H2,1-3H3,(H2,30,32,33). The molecule has 6 rings (SSSR count). The first kappa shape index (κ1) is 22.5. The monoisotopic (exact) mass is 481 g/mol. The first-order chi connectivity index (χ1) is 17.6. The molecule has 1 fully saturated rings. The van der Waals surface area contributed by atoms with Crippen molar-refractivity contribution in [3.05, 3.63) is 77.2 Å². The number of pyridine rings is 1. The number of ether oxygens (including phenoxy) is 2. The van der Waals surface area contributed by atoms with Gasteiger partial charge < -0.3 is 24.7 Å². The predicted molar refractivity (Wildman–Crippen MR) is 145 cm³/mol. The van der Waals surface area contributed by atoms with Crippen LogP contribution in [0.25, 0.3) is 21.9 Å². The molecule has 2 aromatic carbocycles. The highest BCUT2D eigenvalue weighted by atomic mass is 16.5. The van der Waals surface area contributed by atoms with E-state index in [1.54, 1.807) is 7.11 Å². The number of fused-ring (bicyclic) bond motifs is 3. The van der Waals surface area contributed by atoms with Gasteiger partial charge in [-0.2, -0.15) is 0 Å². The SMILES string of the molecule is CCNc1nc2ccc(C3C=C4CN(c5cc(C)nc6cc(OC)ccc56)CCOC4=CC3)cc2[nH]1. The summed E-state index contributed by atoms with van der Waals surface area (Å²) in [5.41, 5.74) is 7.68. The van der Waals surface area contributed by atoms with Crippen molar-refractivity contribution in [2.45, 2.75) is 26.2 Å². The summed E-state index contributed by atoms with van der Waals surface area (Å²) in [4.78, 5) is 15.2. The molecule has 3 heterocycles. The molecule has 1 aliphatic heterocycles. The lowest BCUT2D eigenvalue weighted by atomic mass is 9.88. The summed E-state index contributed by atoms with van der Waals surface area (Å²) in [5.74, 6) is 2.95. The molecular weight excluding hydrogens is 450 g/mol. The maximum atomic E-state index is 6.21. The molecule has 2 N–H and O–H groups in total. The second-order valence-electron chi connectivity index (χ2n) is 9.43. The van der Waals surface area contributed by atoms with Gasteiger partial charge in [0, 0.05) is 47.4 Å². The molecule has 4 aromatic rings. The second-order valence-corrected chi connectivity index (χ2v) is 9.43. The van der Waals surface area contributed by atoms with Gasteiger partial charge in [-0.1, -0.05) is 12.1 Å². The lowest BCUT2D eigenvalue weighted by Gasteiger charge is -2.26. The summed E-state index contributed by atoms with van der Waals surface area (Å²) in [6, 6.07) is 14.8. The van der Waals surface area contributed by atoms with Gasteiger partial charge in [0.1, 0.15) is 18.1 Å². The van der Waals surface area contributed by atoms with Crippen LogP contribution in [-0.4, -0.2) is 48.3 Å². The van der Waals surface area contributed by atoms with Gasteiger partial charge >= 0.3 is 0 Å². The summed E-state index contributed by atoms with van der Waals surface area (Å²) in [5, 5.41) is 4.39. The third-order valence-electron chi connectivity index (χ3n) is 7.00. The average Bonchev–Trinajstić information content (AvgIpc) is 3.17. The van der Waals surface area contributed by atoms with E-state index in [4.69, 9.17) is 14.5 Å².